The number of carboxylic acids is 2. The zero-order valence-electron chi connectivity index (χ0n) is 43.0. The summed E-state index contributed by atoms with van der Waals surface area (Å²) in [5, 5.41) is 20.7. The van der Waals surface area contributed by atoms with E-state index < -0.39 is 11.9 Å². The maximum absolute atomic E-state index is 13.0. The van der Waals surface area contributed by atoms with Crippen LogP contribution < -0.4 is 34.0 Å². The average molecular weight is 1130 g/mol. The molecule has 13 nitrogen and oxygen atoms in total. The number of ketones is 3. The molecule has 0 radical (unpaired) electrons. The Morgan fingerprint density at radius 3 is 1.37 bits per heavy atom. The normalized spacial score (nSPS) is 11.5. The van der Waals surface area contributed by atoms with Crippen molar-refractivity contribution in [2.45, 2.75) is 54.4 Å². The molecule has 78 heavy (non-hydrogen) atoms. The average Bonchev–Trinajstić information content (AvgIpc) is 4.23. The molecule has 0 bridgehead atoms. The standard InChI is InChI=1S/C16H14FNO.C15H12FNO2.C10H11NO.C10H9NO.C6H4BrF.C2H4O2.CH4.Li.2H2O/c1-11(19)12-2-7-16-13(10-12)8-9-18(16)15-5-3-14(17)4-6-15;16-12-2-4-13(5-3-12)17-8-7-10-9-11(15(18)19)1-6-14(10)17;2*1-7(12)8-2-3-10-9(6-8)4-5-11-10;7-5-1-3-6(8)4-2-5;1-2(3)4;;;;/h2-7,10H,8-9H2,1H3;1-6,9H,7-8H2,(H,18,19);2-3,6,11H,4-5H2,1H3;2-6,11H,1H3;1-4H;1H3,(H,3,4);1H4;;2*1H2/q;;;;;;;+1;;/p-1. The van der Waals surface area contributed by atoms with E-state index in [-0.39, 0.29) is 72.0 Å². The maximum atomic E-state index is 13.0. The van der Waals surface area contributed by atoms with Crippen LogP contribution in [0.1, 0.15) is 93.2 Å². The summed E-state index contributed by atoms with van der Waals surface area (Å²) in [4.78, 5) is 60.6. The number of halogens is 4. The zero-order chi connectivity index (χ0) is 53.5. The first-order valence-corrected chi connectivity index (χ1v) is 24.3. The van der Waals surface area contributed by atoms with Crippen LogP contribution in [0.2, 0.25) is 0 Å². The Labute approximate surface area is 472 Å². The largest absolute Gasteiger partial charge is 1.00 e. The molecule has 0 spiro atoms. The van der Waals surface area contributed by atoms with E-state index in [4.69, 9.17) is 15.0 Å². The van der Waals surface area contributed by atoms with Gasteiger partial charge in [-0.25, -0.2) is 18.0 Å². The van der Waals surface area contributed by atoms with Gasteiger partial charge in [0.15, 0.2) is 17.3 Å². The molecule has 0 saturated carbocycles. The van der Waals surface area contributed by atoms with E-state index in [0.717, 1.165) is 106 Å². The first-order chi connectivity index (χ1) is 35.4. The van der Waals surface area contributed by atoms with E-state index in [0.29, 0.717) is 5.56 Å². The second kappa shape index (κ2) is 31.4. The van der Waals surface area contributed by atoms with Crippen molar-refractivity contribution < 1.29 is 77.2 Å². The SMILES string of the molecule is C.CC(=O)O.CC(=O)c1ccc2[nH]ccc2c1.CC(=O)c1ccc2c(c1)CCN2.CC(=O)c1ccc2c(c1)CCN2c1ccc(F)cc1.Fc1ccc(Br)cc1.O.O=C(O)c1ccc2c(c1)CCN2c1ccc(F)cc1.[Li+].[OH-]. The van der Waals surface area contributed by atoms with Crippen LogP contribution in [-0.2, 0) is 24.1 Å². The Morgan fingerprint density at radius 2 is 0.923 bits per heavy atom. The molecule has 7 N–H and O–H groups in total. The summed E-state index contributed by atoms with van der Waals surface area (Å²) in [7, 11) is 0. The van der Waals surface area contributed by atoms with Crippen molar-refractivity contribution in [2.24, 2.45) is 0 Å². The first kappa shape index (κ1) is 66.3. The van der Waals surface area contributed by atoms with Gasteiger partial charge < -0.3 is 41.3 Å². The van der Waals surface area contributed by atoms with Crippen LogP contribution in [0.5, 0.6) is 0 Å². The number of carbonyl (C=O) groups excluding carboxylic acids is 3. The molecule has 0 saturated heterocycles. The molecule has 0 amide bonds. The number of hydrogen-bond donors (Lipinski definition) is 4. The summed E-state index contributed by atoms with van der Waals surface area (Å²) in [6, 6.07) is 43.3. The fourth-order valence-electron chi connectivity index (χ4n) is 8.16. The minimum absolute atomic E-state index is 0. The van der Waals surface area contributed by atoms with E-state index in [1.807, 2.05) is 72.9 Å². The van der Waals surface area contributed by atoms with E-state index in [2.05, 4.69) is 36.0 Å². The molecular formula is C60H61BrF3LiN4O9. The smallest absolute Gasteiger partial charge is 0.870 e. The van der Waals surface area contributed by atoms with Crippen LogP contribution in [-0.4, -0.2) is 75.1 Å². The second-order valence-electron chi connectivity index (χ2n) is 17.2. The Hall–Kier alpha value is -7.78. The molecule has 3 aliphatic heterocycles. The van der Waals surface area contributed by atoms with Crippen LogP contribution in [0, 0.1) is 17.5 Å². The Balaban J connectivity index is 0.000000332. The van der Waals surface area contributed by atoms with Gasteiger partial charge >= 0.3 is 24.8 Å². The molecule has 0 unspecified atom stereocenters. The molecule has 1 aromatic heterocycles. The van der Waals surface area contributed by atoms with Gasteiger partial charge in [-0.2, -0.15) is 0 Å². The number of hydrogen-bond acceptors (Lipinski definition) is 9. The summed E-state index contributed by atoms with van der Waals surface area (Å²) in [5.41, 5.74) is 12.4. The van der Waals surface area contributed by atoms with Crippen molar-refractivity contribution in [2.75, 3.05) is 34.8 Å². The number of carboxylic acid groups (broad SMARTS) is 2. The number of aromatic amines is 1. The van der Waals surface area contributed by atoms with Crippen molar-refractivity contribution in [3.05, 3.63) is 219 Å². The fourth-order valence-corrected chi connectivity index (χ4v) is 8.42. The number of aromatic carboxylic acids is 1. The number of H-pyrrole nitrogens is 1. The molecule has 0 fully saturated rings. The number of Topliss-reactive ketones (excluding diaryl/α,β-unsaturated/α-hetero) is 3. The molecule has 11 rings (SSSR count). The number of fused-ring (bicyclic) bond motifs is 4. The number of aromatic nitrogens is 1. The molecule has 4 heterocycles. The van der Waals surface area contributed by atoms with Gasteiger partial charge in [0.05, 0.1) is 5.56 Å². The summed E-state index contributed by atoms with van der Waals surface area (Å²) < 4.78 is 38.9. The van der Waals surface area contributed by atoms with Gasteiger partial charge in [-0.05, 0) is 208 Å². The summed E-state index contributed by atoms with van der Waals surface area (Å²) in [5.74, 6) is -2.10. The van der Waals surface area contributed by atoms with Crippen molar-refractivity contribution in [1.82, 2.24) is 4.98 Å². The van der Waals surface area contributed by atoms with Gasteiger partial charge in [-0.1, -0.05) is 23.4 Å². The topological polar surface area (TPSA) is 222 Å². The quantitative estimate of drug-likeness (QED) is 0.0906. The van der Waals surface area contributed by atoms with Crippen molar-refractivity contribution >= 4 is 84.6 Å². The van der Waals surface area contributed by atoms with Crippen molar-refractivity contribution in [3.63, 3.8) is 0 Å². The van der Waals surface area contributed by atoms with Crippen molar-refractivity contribution in [3.8, 4) is 0 Å². The van der Waals surface area contributed by atoms with E-state index in [1.165, 1.54) is 53.2 Å². The summed E-state index contributed by atoms with van der Waals surface area (Å²) in [6.45, 7) is 8.48. The molecule has 0 atom stereocenters. The number of nitrogens with one attached hydrogen (secondary N) is 2. The number of carbonyl (C=O) groups is 5. The third-order valence-electron chi connectivity index (χ3n) is 11.9. The molecule has 8 aromatic rings. The number of anilines is 5. The van der Waals surface area contributed by atoms with E-state index in [1.54, 1.807) is 69.3 Å². The third-order valence-corrected chi connectivity index (χ3v) is 12.4. The van der Waals surface area contributed by atoms with Crippen LogP contribution in [0.25, 0.3) is 10.9 Å². The van der Waals surface area contributed by atoms with Gasteiger partial charge in [0.1, 0.15) is 17.5 Å². The van der Waals surface area contributed by atoms with Gasteiger partial charge in [-0.3, -0.25) is 19.2 Å². The van der Waals surface area contributed by atoms with E-state index in [9.17, 15) is 32.3 Å². The predicted octanol–water partition coefficient (Wildman–Crippen LogP) is 10.5. The minimum atomic E-state index is -0.914. The molecule has 3 aliphatic rings. The second-order valence-corrected chi connectivity index (χ2v) is 18.1. The number of rotatable bonds is 6. The minimum Gasteiger partial charge on any atom is -0.870 e. The van der Waals surface area contributed by atoms with Gasteiger partial charge in [0.2, 0.25) is 0 Å². The first-order valence-electron chi connectivity index (χ1n) is 23.5. The van der Waals surface area contributed by atoms with Crippen LogP contribution in [0.3, 0.4) is 0 Å². The number of aliphatic carboxylic acids is 1. The fraction of sp³-hybridized carbons (Fsp3) is 0.183. The molecule has 18 heteroatoms. The Bertz CT molecular complexity index is 3150. The molecule has 404 valence electrons. The van der Waals surface area contributed by atoms with Crippen LogP contribution >= 0.6 is 15.9 Å². The number of benzene rings is 7. The monoisotopic (exact) mass is 1120 g/mol. The van der Waals surface area contributed by atoms with Crippen molar-refractivity contribution in [1.29, 1.82) is 0 Å². The van der Waals surface area contributed by atoms with Gasteiger partial charge in [0.25, 0.3) is 5.97 Å². The third kappa shape index (κ3) is 18.7. The molecule has 7 aromatic carbocycles. The predicted molar refractivity (Wildman–Crippen MR) is 301 cm³/mol. The Kier molecular flexibility index (Phi) is 26.7. The number of nitrogens with zero attached hydrogens (tertiary/aromatic N) is 2. The maximum Gasteiger partial charge on any atom is 1.00 e. The molecular weight excluding hydrogens is 1060 g/mol. The van der Waals surface area contributed by atoms with Gasteiger partial charge in [0, 0.05) is 93.3 Å². The molecule has 0 aliphatic carbocycles. The van der Waals surface area contributed by atoms with Gasteiger partial charge in [-0.15, -0.1) is 0 Å². The Morgan fingerprint density at radius 1 is 0.526 bits per heavy atom. The van der Waals surface area contributed by atoms with Crippen LogP contribution in [0.4, 0.5) is 41.6 Å². The summed E-state index contributed by atoms with van der Waals surface area (Å²) in [6.07, 6.45) is 4.62. The van der Waals surface area contributed by atoms with Crippen LogP contribution in [0.15, 0.2) is 162 Å². The van der Waals surface area contributed by atoms with E-state index >= 15 is 0 Å². The summed E-state index contributed by atoms with van der Waals surface area (Å²) >= 11 is 3.18. The zero-order valence-corrected chi connectivity index (χ0v) is 44.6.